The minimum absolute atomic E-state index is 0.192. The average molecular weight is 418 g/mol. The summed E-state index contributed by atoms with van der Waals surface area (Å²) < 4.78 is 21.0. The van der Waals surface area contributed by atoms with Crippen molar-refractivity contribution in [3.63, 3.8) is 0 Å². The van der Waals surface area contributed by atoms with E-state index in [-0.39, 0.29) is 6.61 Å². The fourth-order valence-electron chi connectivity index (χ4n) is 2.74. The van der Waals surface area contributed by atoms with Gasteiger partial charge in [0.2, 0.25) is 0 Å². The Labute approximate surface area is 180 Å². The van der Waals surface area contributed by atoms with E-state index in [2.05, 4.69) is 0 Å². The summed E-state index contributed by atoms with van der Waals surface area (Å²) in [6.07, 6.45) is 2.92. The third kappa shape index (κ3) is 6.21. The van der Waals surface area contributed by atoms with Gasteiger partial charge in [-0.15, -0.1) is 0 Å². The van der Waals surface area contributed by atoms with Crippen LogP contribution in [0.2, 0.25) is 0 Å². The van der Waals surface area contributed by atoms with E-state index in [1.54, 1.807) is 62.8 Å². The van der Waals surface area contributed by atoms with Crippen molar-refractivity contribution in [1.82, 2.24) is 0 Å². The Morgan fingerprint density at radius 2 is 1.55 bits per heavy atom. The van der Waals surface area contributed by atoms with E-state index in [1.165, 1.54) is 6.08 Å². The second-order valence-electron chi connectivity index (χ2n) is 6.45. The van der Waals surface area contributed by atoms with Crippen molar-refractivity contribution < 1.29 is 28.5 Å². The fraction of sp³-hybridized carbons (Fsp3) is 0.120. The molecule has 3 aromatic carbocycles. The lowest BCUT2D eigenvalue weighted by Gasteiger charge is -2.07. The maximum Gasteiger partial charge on any atom is 0.338 e. The Kier molecular flexibility index (Phi) is 7.43. The van der Waals surface area contributed by atoms with Gasteiger partial charge in [-0.05, 0) is 53.6 Å². The Hall–Kier alpha value is -4.06. The number of methoxy groups -OCH3 is 2. The topological polar surface area (TPSA) is 71.1 Å². The molecule has 0 radical (unpaired) electrons. The summed E-state index contributed by atoms with van der Waals surface area (Å²) in [5.74, 6) is 0.489. The number of ether oxygens (including phenoxy) is 4. The van der Waals surface area contributed by atoms with Gasteiger partial charge in [0.05, 0.1) is 19.8 Å². The second-order valence-corrected chi connectivity index (χ2v) is 6.45. The Morgan fingerprint density at radius 3 is 2.23 bits per heavy atom. The Morgan fingerprint density at radius 1 is 0.839 bits per heavy atom. The summed E-state index contributed by atoms with van der Waals surface area (Å²) in [5, 5.41) is 0. The highest BCUT2D eigenvalue weighted by atomic mass is 16.5. The van der Waals surface area contributed by atoms with Gasteiger partial charge in [-0.3, -0.25) is 0 Å². The summed E-state index contributed by atoms with van der Waals surface area (Å²) in [6, 6.07) is 20.9. The molecule has 158 valence electrons. The SMILES string of the molecule is COc1ccc(/C=C/C(=O)Oc2ccc(C(=O)OCc3ccccc3)cc2)cc1OC. The molecule has 0 N–H and O–H groups in total. The lowest BCUT2D eigenvalue weighted by molar-refractivity contribution is -0.128. The zero-order valence-electron chi connectivity index (χ0n) is 17.2. The largest absolute Gasteiger partial charge is 0.493 e. The second kappa shape index (κ2) is 10.6. The average Bonchev–Trinajstić information content (AvgIpc) is 2.82. The molecule has 3 rings (SSSR count). The third-order valence-electron chi connectivity index (χ3n) is 4.34. The van der Waals surface area contributed by atoms with Gasteiger partial charge >= 0.3 is 11.9 Å². The van der Waals surface area contributed by atoms with Crippen molar-refractivity contribution in [2.75, 3.05) is 14.2 Å². The smallest absolute Gasteiger partial charge is 0.338 e. The highest BCUT2D eigenvalue weighted by Gasteiger charge is 2.09. The van der Waals surface area contributed by atoms with Crippen LogP contribution in [0.15, 0.2) is 78.9 Å². The molecule has 0 aliphatic carbocycles. The molecule has 0 saturated carbocycles. The van der Waals surface area contributed by atoms with Crippen LogP contribution in [0.3, 0.4) is 0 Å². The van der Waals surface area contributed by atoms with E-state index < -0.39 is 11.9 Å². The molecular weight excluding hydrogens is 396 g/mol. The van der Waals surface area contributed by atoms with Crippen LogP contribution in [0, 0.1) is 0 Å². The van der Waals surface area contributed by atoms with Crippen LogP contribution in [0.4, 0.5) is 0 Å². The van der Waals surface area contributed by atoms with Crippen molar-refractivity contribution in [3.05, 3.63) is 95.6 Å². The van der Waals surface area contributed by atoms with Crippen molar-refractivity contribution in [3.8, 4) is 17.2 Å². The lowest BCUT2D eigenvalue weighted by Crippen LogP contribution is -2.06. The molecule has 0 bridgehead atoms. The Balaban J connectivity index is 1.55. The van der Waals surface area contributed by atoms with E-state index in [0.717, 1.165) is 11.1 Å². The molecule has 0 heterocycles. The first-order valence-corrected chi connectivity index (χ1v) is 9.52. The summed E-state index contributed by atoms with van der Waals surface area (Å²) in [4.78, 5) is 24.2. The normalized spacial score (nSPS) is 10.5. The Bertz CT molecular complexity index is 1060. The molecular formula is C25H22O6. The third-order valence-corrected chi connectivity index (χ3v) is 4.34. The maximum atomic E-state index is 12.1. The van der Waals surface area contributed by atoms with Gasteiger partial charge in [0.15, 0.2) is 11.5 Å². The van der Waals surface area contributed by atoms with Crippen molar-refractivity contribution in [2.24, 2.45) is 0 Å². The first-order chi connectivity index (χ1) is 15.1. The zero-order chi connectivity index (χ0) is 22.1. The fourth-order valence-corrected chi connectivity index (χ4v) is 2.74. The highest BCUT2D eigenvalue weighted by molar-refractivity contribution is 5.90. The van der Waals surface area contributed by atoms with Crippen molar-refractivity contribution >= 4 is 18.0 Å². The molecule has 0 aromatic heterocycles. The molecule has 0 unspecified atom stereocenters. The van der Waals surface area contributed by atoms with Gasteiger partial charge in [-0.25, -0.2) is 9.59 Å². The maximum absolute atomic E-state index is 12.1. The molecule has 0 saturated heterocycles. The minimum atomic E-state index is -0.547. The predicted octanol–water partition coefficient (Wildman–Crippen LogP) is 4.68. The van der Waals surface area contributed by atoms with Gasteiger partial charge in [0.25, 0.3) is 0 Å². The predicted molar refractivity (Wildman–Crippen MR) is 116 cm³/mol. The molecule has 6 nitrogen and oxygen atoms in total. The van der Waals surface area contributed by atoms with Crippen LogP contribution < -0.4 is 14.2 Å². The van der Waals surface area contributed by atoms with Crippen LogP contribution in [0.25, 0.3) is 6.08 Å². The quantitative estimate of drug-likeness (QED) is 0.301. The summed E-state index contributed by atoms with van der Waals surface area (Å²) >= 11 is 0. The lowest BCUT2D eigenvalue weighted by atomic mass is 10.2. The van der Waals surface area contributed by atoms with E-state index in [9.17, 15) is 9.59 Å². The molecule has 0 amide bonds. The molecule has 0 aliphatic heterocycles. The highest BCUT2D eigenvalue weighted by Crippen LogP contribution is 2.28. The summed E-state index contributed by atoms with van der Waals surface area (Å²) in [6.45, 7) is 0.192. The van der Waals surface area contributed by atoms with E-state index >= 15 is 0 Å². The number of hydrogen-bond acceptors (Lipinski definition) is 6. The summed E-state index contributed by atoms with van der Waals surface area (Å²) in [7, 11) is 3.10. The van der Waals surface area contributed by atoms with Crippen LogP contribution in [0.1, 0.15) is 21.5 Å². The molecule has 0 fully saturated rings. The molecule has 0 atom stereocenters. The van der Waals surface area contributed by atoms with Gasteiger partial charge < -0.3 is 18.9 Å². The van der Waals surface area contributed by atoms with Gasteiger partial charge in [0, 0.05) is 6.08 Å². The van der Waals surface area contributed by atoms with E-state index in [0.29, 0.717) is 22.8 Å². The van der Waals surface area contributed by atoms with Crippen LogP contribution in [-0.4, -0.2) is 26.2 Å². The van der Waals surface area contributed by atoms with Crippen LogP contribution in [-0.2, 0) is 16.1 Å². The molecule has 31 heavy (non-hydrogen) atoms. The monoisotopic (exact) mass is 418 g/mol. The van der Waals surface area contributed by atoms with Gasteiger partial charge in [-0.1, -0.05) is 36.4 Å². The van der Waals surface area contributed by atoms with Gasteiger partial charge in [-0.2, -0.15) is 0 Å². The number of esters is 2. The minimum Gasteiger partial charge on any atom is -0.493 e. The van der Waals surface area contributed by atoms with Crippen molar-refractivity contribution in [2.45, 2.75) is 6.61 Å². The van der Waals surface area contributed by atoms with Gasteiger partial charge in [0.1, 0.15) is 12.4 Å². The van der Waals surface area contributed by atoms with Crippen LogP contribution >= 0.6 is 0 Å². The van der Waals surface area contributed by atoms with E-state index in [1.807, 2.05) is 30.3 Å². The number of carbonyl (C=O) groups is 2. The number of rotatable bonds is 8. The number of hydrogen-bond donors (Lipinski definition) is 0. The summed E-state index contributed by atoms with van der Waals surface area (Å²) in [5.41, 5.74) is 2.03. The first kappa shape index (κ1) is 21.6. The first-order valence-electron chi connectivity index (χ1n) is 9.52. The van der Waals surface area contributed by atoms with Crippen LogP contribution in [0.5, 0.6) is 17.2 Å². The zero-order valence-corrected chi connectivity index (χ0v) is 17.2. The van der Waals surface area contributed by atoms with Crippen molar-refractivity contribution in [1.29, 1.82) is 0 Å². The number of carbonyl (C=O) groups excluding carboxylic acids is 2. The standard InChI is InChI=1S/C25H22O6/c1-28-22-14-8-18(16-23(22)29-2)9-15-24(26)31-21-12-10-20(11-13-21)25(27)30-17-19-6-4-3-5-7-19/h3-16H,17H2,1-2H3/b15-9+. The molecule has 0 aliphatic rings. The van der Waals surface area contributed by atoms with E-state index in [4.69, 9.17) is 18.9 Å². The molecule has 6 heteroatoms. The molecule has 0 spiro atoms. The number of benzene rings is 3. The molecule has 3 aromatic rings.